The van der Waals surface area contributed by atoms with Gasteiger partial charge in [-0.25, -0.2) is 0 Å². The lowest BCUT2D eigenvalue weighted by Crippen LogP contribution is -2.45. The number of thiophene rings is 1. The molecule has 6 heteroatoms. The third-order valence-electron chi connectivity index (χ3n) is 3.51. The maximum Gasteiger partial charge on any atom is 0.191 e. The van der Waals surface area contributed by atoms with E-state index in [2.05, 4.69) is 33.1 Å². The quantitative estimate of drug-likeness (QED) is 0.486. The molecular weight excluding hydrogens is 310 g/mol. The normalized spacial score (nSPS) is 13.0. The Kier molecular flexibility index (Phi) is 7.69. The summed E-state index contributed by atoms with van der Waals surface area (Å²) in [5, 5.41) is 18.0. The Hall–Kier alpha value is -1.79. The van der Waals surface area contributed by atoms with Gasteiger partial charge < -0.3 is 20.2 Å². The van der Waals surface area contributed by atoms with Crippen molar-refractivity contribution in [3.63, 3.8) is 0 Å². The first kappa shape index (κ1) is 17.6. The number of aliphatic hydroxyl groups is 1. The second-order valence-corrected chi connectivity index (χ2v) is 6.28. The molecule has 0 bridgehead atoms. The van der Waals surface area contributed by atoms with Gasteiger partial charge in [0.1, 0.15) is 5.76 Å². The van der Waals surface area contributed by atoms with E-state index in [4.69, 9.17) is 4.42 Å². The van der Waals surface area contributed by atoms with Gasteiger partial charge >= 0.3 is 0 Å². The average Bonchev–Trinajstić information content (AvgIpc) is 3.25. The molecule has 2 rings (SSSR count). The molecule has 0 saturated heterocycles. The molecule has 0 saturated carbocycles. The zero-order valence-corrected chi connectivity index (χ0v) is 14.3. The molecule has 0 aliphatic heterocycles. The molecule has 2 heterocycles. The van der Waals surface area contributed by atoms with E-state index in [0.29, 0.717) is 0 Å². The molecule has 3 N–H and O–H groups in total. The molecule has 0 aliphatic carbocycles. The molecule has 1 atom stereocenters. The van der Waals surface area contributed by atoms with Crippen molar-refractivity contribution in [3.8, 4) is 0 Å². The van der Waals surface area contributed by atoms with Gasteiger partial charge in [0.25, 0.3) is 0 Å². The highest BCUT2D eigenvalue weighted by atomic mass is 32.1. The van der Waals surface area contributed by atoms with Crippen LogP contribution in [0, 0.1) is 0 Å². The Morgan fingerprint density at radius 2 is 2.26 bits per heavy atom. The lowest BCUT2D eigenvalue weighted by Gasteiger charge is -2.18. The highest BCUT2D eigenvalue weighted by Gasteiger charge is 2.07. The number of aliphatic imine (C=N–C) groups is 1. The molecule has 0 unspecified atom stereocenters. The monoisotopic (exact) mass is 335 g/mol. The van der Waals surface area contributed by atoms with Gasteiger partial charge in [-0.05, 0) is 30.0 Å². The Balaban J connectivity index is 1.84. The molecule has 126 valence electrons. The number of aliphatic hydroxyl groups excluding tert-OH is 1. The van der Waals surface area contributed by atoms with Crippen molar-refractivity contribution in [3.05, 3.63) is 46.5 Å². The number of hydrogen-bond acceptors (Lipinski definition) is 4. The van der Waals surface area contributed by atoms with Crippen molar-refractivity contribution in [2.24, 2.45) is 4.99 Å². The van der Waals surface area contributed by atoms with Crippen LogP contribution in [0.1, 0.15) is 24.0 Å². The number of hydrogen-bond donors (Lipinski definition) is 3. The number of nitrogens with one attached hydrogen (secondary N) is 2. The van der Waals surface area contributed by atoms with E-state index in [1.807, 2.05) is 19.1 Å². The molecule has 0 aliphatic rings. The highest BCUT2D eigenvalue weighted by Crippen LogP contribution is 2.08. The zero-order chi connectivity index (χ0) is 16.3. The summed E-state index contributed by atoms with van der Waals surface area (Å²) in [5.74, 6) is 1.69. The van der Waals surface area contributed by atoms with Crippen LogP contribution >= 0.6 is 11.3 Å². The van der Waals surface area contributed by atoms with Crippen LogP contribution in [-0.4, -0.2) is 36.8 Å². The van der Waals surface area contributed by atoms with Crippen molar-refractivity contribution in [2.45, 2.75) is 32.2 Å². The lowest BCUT2D eigenvalue weighted by atomic mass is 10.2. The van der Waals surface area contributed by atoms with Crippen LogP contribution in [0.3, 0.4) is 0 Å². The summed E-state index contributed by atoms with van der Waals surface area (Å²) in [6.45, 7) is 3.60. The van der Waals surface area contributed by atoms with Crippen molar-refractivity contribution < 1.29 is 9.52 Å². The molecule has 0 amide bonds. The summed E-state index contributed by atoms with van der Waals surface area (Å²) < 4.78 is 5.33. The molecule has 0 aromatic carbocycles. The van der Waals surface area contributed by atoms with E-state index in [-0.39, 0.29) is 12.6 Å². The summed E-state index contributed by atoms with van der Waals surface area (Å²) in [5.41, 5.74) is 0. The smallest absolute Gasteiger partial charge is 0.191 e. The molecule has 0 spiro atoms. The number of rotatable bonds is 9. The van der Waals surface area contributed by atoms with Crippen LogP contribution in [0.2, 0.25) is 0 Å². The van der Waals surface area contributed by atoms with Gasteiger partial charge in [-0.15, -0.1) is 11.3 Å². The second kappa shape index (κ2) is 10.1. The van der Waals surface area contributed by atoms with Gasteiger partial charge in [-0.2, -0.15) is 0 Å². The fourth-order valence-corrected chi connectivity index (χ4v) is 2.81. The van der Waals surface area contributed by atoms with Crippen LogP contribution in [0.15, 0.2) is 45.3 Å². The van der Waals surface area contributed by atoms with Gasteiger partial charge in [0.15, 0.2) is 5.96 Å². The van der Waals surface area contributed by atoms with Crippen LogP contribution < -0.4 is 10.6 Å². The zero-order valence-electron chi connectivity index (χ0n) is 13.5. The topological polar surface area (TPSA) is 69.8 Å². The number of furan rings is 1. The SMILES string of the molecule is CC[C@H](CO)NC(=NCCc1cccs1)NCCc1ccco1. The molecule has 2 aromatic rings. The minimum atomic E-state index is 0.0200. The van der Waals surface area contributed by atoms with Crippen LogP contribution in [0.25, 0.3) is 0 Å². The minimum Gasteiger partial charge on any atom is -0.469 e. The van der Waals surface area contributed by atoms with Gasteiger partial charge in [-0.1, -0.05) is 13.0 Å². The predicted molar refractivity (Wildman–Crippen MR) is 95.0 cm³/mol. The van der Waals surface area contributed by atoms with Crippen LogP contribution in [-0.2, 0) is 12.8 Å². The first-order chi connectivity index (χ1) is 11.3. The van der Waals surface area contributed by atoms with Crippen LogP contribution in [0.5, 0.6) is 0 Å². The molecule has 5 nitrogen and oxygen atoms in total. The van der Waals surface area contributed by atoms with Gasteiger partial charge in [0.2, 0.25) is 0 Å². The Bertz CT molecular complexity index is 548. The molecule has 23 heavy (non-hydrogen) atoms. The Labute approximate surface area is 141 Å². The maximum absolute atomic E-state index is 9.37. The third kappa shape index (κ3) is 6.46. The second-order valence-electron chi connectivity index (χ2n) is 5.25. The van der Waals surface area contributed by atoms with Crippen molar-refractivity contribution in [2.75, 3.05) is 19.7 Å². The number of guanidine groups is 1. The Morgan fingerprint density at radius 3 is 2.91 bits per heavy atom. The minimum absolute atomic E-state index is 0.0200. The van der Waals surface area contributed by atoms with Crippen molar-refractivity contribution in [1.29, 1.82) is 0 Å². The number of nitrogens with zero attached hydrogens (tertiary/aromatic N) is 1. The summed E-state index contributed by atoms with van der Waals surface area (Å²) in [4.78, 5) is 5.94. The fraction of sp³-hybridized carbons (Fsp3) is 0.471. The van der Waals surface area contributed by atoms with E-state index in [1.54, 1.807) is 17.6 Å². The molecule has 0 radical (unpaired) electrons. The van der Waals surface area contributed by atoms with E-state index in [0.717, 1.165) is 44.1 Å². The van der Waals surface area contributed by atoms with E-state index >= 15 is 0 Å². The predicted octanol–water partition coefficient (Wildman–Crippen LogP) is 2.43. The largest absolute Gasteiger partial charge is 0.469 e. The molecular formula is C17H25N3O2S. The van der Waals surface area contributed by atoms with Crippen LogP contribution in [0.4, 0.5) is 0 Å². The average molecular weight is 335 g/mol. The van der Waals surface area contributed by atoms with Gasteiger partial charge in [0, 0.05) is 30.8 Å². The maximum atomic E-state index is 9.37. The lowest BCUT2D eigenvalue weighted by molar-refractivity contribution is 0.251. The molecule has 0 fully saturated rings. The Morgan fingerprint density at radius 1 is 1.35 bits per heavy atom. The summed E-state index contributed by atoms with van der Waals surface area (Å²) >= 11 is 1.75. The van der Waals surface area contributed by atoms with Crippen molar-refractivity contribution in [1.82, 2.24) is 10.6 Å². The van der Waals surface area contributed by atoms with E-state index in [9.17, 15) is 5.11 Å². The first-order valence-electron chi connectivity index (χ1n) is 8.02. The molecule has 2 aromatic heterocycles. The first-order valence-corrected chi connectivity index (χ1v) is 8.90. The summed E-state index contributed by atoms with van der Waals surface area (Å²) in [7, 11) is 0. The van der Waals surface area contributed by atoms with Gasteiger partial charge in [-0.3, -0.25) is 4.99 Å². The fourth-order valence-electron chi connectivity index (χ4n) is 2.11. The standard InChI is InChI=1S/C17H25N3O2S/c1-2-14(13-21)20-17(18-9-7-15-5-3-11-22-15)19-10-8-16-6-4-12-23-16/h3-6,11-12,14,21H,2,7-10,13H2,1H3,(H2,18,19,20)/t14-/m1/s1. The van der Waals surface area contributed by atoms with Gasteiger partial charge in [0.05, 0.1) is 18.9 Å². The summed E-state index contributed by atoms with van der Waals surface area (Å²) in [6, 6.07) is 8.06. The van der Waals surface area contributed by atoms with Crippen molar-refractivity contribution >= 4 is 17.3 Å². The van der Waals surface area contributed by atoms with E-state index < -0.39 is 0 Å². The van der Waals surface area contributed by atoms with E-state index in [1.165, 1.54) is 4.88 Å². The highest BCUT2D eigenvalue weighted by molar-refractivity contribution is 7.09. The third-order valence-corrected chi connectivity index (χ3v) is 4.44. The summed E-state index contributed by atoms with van der Waals surface area (Å²) in [6.07, 6.45) is 4.26.